The number of halogens is 1. The summed E-state index contributed by atoms with van der Waals surface area (Å²) in [7, 11) is 0. The lowest BCUT2D eigenvalue weighted by Crippen LogP contribution is -2.32. The number of benzene rings is 1. The zero-order chi connectivity index (χ0) is 16.4. The molecule has 1 aromatic rings. The summed E-state index contributed by atoms with van der Waals surface area (Å²) in [6.07, 6.45) is 3.81. The van der Waals surface area contributed by atoms with E-state index < -0.39 is 4.92 Å². The number of carbonyl (C=O) groups excluding carboxylic acids is 1. The van der Waals surface area contributed by atoms with Crippen molar-refractivity contribution in [3.63, 3.8) is 0 Å². The second kappa shape index (κ2) is 8.18. The Labute approximate surface area is 151 Å². The highest BCUT2D eigenvalue weighted by molar-refractivity contribution is 7.98. The van der Waals surface area contributed by atoms with Crippen LogP contribution in [0, 0.1) is 22.0 Å². The van der Waals surface area contributed by atoms with Crippen molar-refractivity contribution in [1.29, 1.82) is 0 Å². The van der Waals surface area contributed by atoms with Gasteiger partial charge in [-0.2, -0.15) is 0 Å². The van der Waals surface area contributed by atoms with E-state index >= 15 is 0 Å². The van der Waals surface area contributed by atoms with Crippen LogP contribution in [0.4, 0.5) is 5.69 Å². The van der Waals surface area contributed by atoms with Gasteiger partial charge in [0.1, 0.15) is 0 Å². The molecular weight excluding hydrogens is 350 g/mol. The summed E-state index contributed by atoms with van der Waals surface area (Å²) >= 11 is 1.32. The average Bonchev–Trinajstić information content (AvgIpc) is 2.92. The summed E-state index contributed by atoms with van der Waals surface area (Å²) in [6.45, 7) is 3.56. The first kappa shape index (κ1) is 19.0. The van der Waals surface area contributed by atoms with E-state index in [0.29, 0.717) is 22.3 Å². The highest BCUT2D eigenvalue weighted by atomic mass is 35.5. The Morgan fingerprint density at radius 3 is 2.46 bits per heavy atom. The van der Waals surface area contributed by atoms with E-state index in [1.54, 1.807) is 18.4 Å². The molecule has 0 unspecified atom stereocenters. The molecule has 1 N–H and O–H groups in total. The van der Waals surface area contributed by atoms with E-state index in [0.717, 1.165) is 39.0 Å². The van der Waals surface area contributed by atoms with Crippen molar-refractivity contribution in [1.82, 2.24) is 10.2 Å². The van der Waals surface area contributed by atoms with Crippen molar-refractivity contribution < 1.29 is 9.72 Å². The third-order valence-electron chi connectivity index (χ3n) is 4.93. The Bertz CT molecular complexity index is 615. The van der Waals surface area contributed by atoms with Crippen LogP contribution in [0.2, 0.25) is 0 Å². The van der Waals surface area contributed by atoms with Crippen molar-refractivity contribution in [3.05, 3.63) is 33.9 Å². The predicted octanol–water partition coefficient (Wildman–Crippen LogP) is 2.81. The van der Waals surface area contributed by atoms with Gasteiger partial charge in [0.2, 0.25) is 0 Å². The molecule has 2 aliphatic heterocycles. The van der Waals surface area contributed by atoms with Gasteiger partial charge in [-0.25, -0.2) is 0 Å². The lowest BCUT2D eigenvalue weighted by atomic mass is 9.92. The van der Waals surface area contributed by atoms with Crippen molar-refractivity contribution in [3.8, 4) is 0 Å². The molecule has 6 nitrogen and oxygen atoms in total. The molecule has 0 spiro atoms. The van der Waals surface area contributed by atoms with E-state index in [-0.39, 0.29) is 24.0 Å². The normalized spacial score (nSPS) is 23.1. The van der Waals surface area contributed by atoms with Gasteiger partial charge in [0.05, 0.1) is 9.82 Å². The van der Waals surface area contributed by atoms with Gasteiger partial charge in [0.15, 0.2) is 0 Å². The molecule has 2 fully saturated rings. The molecule has 8 heteroatoms. The van der Waals surface area contributed by atoms with Crippen molar-refractivity contribution >= 4 is 35.8 Å². The molecule has 2 heterocycles. The number of rotatable bonds is 3. The van der Waals surface area contributed by atoms with Gasteiger partial charge in [-0.3, -0.25) is 14.9 Å². The molecule has 0 radical (unpaired) electrons. The topological polar surface area (TPSA) is 75.5 Å². The van der Waals surface area contributed by atoms with Crippen LogP contribution in [0.3, 0.4) is 0 Å². The van der Waals surface area contributed by atoms with Crippen molar-refractivity contribution in [2.75, 3.05) is 32.4 Å². The number of nitrogens with one attached hydrogen (secondary N) is 1. The number of hydrogen-bond acceptors (Lipinski definition) is 5. The minimum Gasteiger partial charge on any atom is -0.339 e. The molecule has 0 bridgehead atoms. The summed E-state index contributed by atoms with van der Waals surface area (Å²) in [5, 5.41) is 14.6. The summed E-state index contributed by atoms with van der Waals surface area (Å²) < 4.78 is 0. The van der Waals surface area contributed by atoms with E-state index in [4.69, 9.17) is 0 Å². The van der Waals surface area contributed by atoms with Gasteiger partial charge in [-0.1, -0.05) is 0 Å². The second-order valence-electron chi connectivity index (χ2n) is 6.19. The maximum absolute atomic E-state index is 12.7. The molecule has 0 saturated carbocycles. The first-order chi connectivity index (χ1) is 11.1. The molecule has 2 aliphatic rings. The molecule has 1 aromatic carbocycles. The summed E-state index contributed by atoms with van der Waals surface area (Å²) in [5.74, 6) is 1.22. The van der Waals surface area contributed by atoms with Crippen LogP contribution in [0.25, 0.3) is 0 Å². The third kappa shape index (κ3) is 3.84. The summed E-state index contributed by atoms with van der Waals surface area (Å²) in [4.78, 5) is 25.9. The number of carbonyl (C=O) groups is 1. The van der Waals surface area contributed by atoms with Crippen LogP contribution >= 0.6 is 24.2 Å². The fraction of sp³-hybridized carbons (Fsp3) is 0.562. The molecule has 1 amide bonds. The fourth-order valence-electron chi connectivity index (χ4n) is 3.57. The number of fused-ring (bicyclic) bond motifs is 1. The summed E-state index contributed by atoms with van der Waals surface area (Å²) in [6, 6.07) is 4.79. The Kier molecular flexibility index (Phi) is 6.48. The highest BCUT2D eigenvalue weighted by Gasteiger charge is 2.32. The fourth-order valence-corrected chi connectivity index (χ4v) is 4.12. The maximum atomic E-state index is 12.7. The van der Waals surface area contributed by atoms with Gasteiger partial charge in [0.25, 0.3) is 11.6 Å². The first-order valence-electron chi connectivity index (χ1n) is 7.92. The molecule has 2 saturated heterocycles. The number of nitro groups is 1. The van der Waals surface area contributed by atoms with Crippen LogP contribution in [0.15, 0.2) is 23.1 Å². The molecule has 0 aromatic heterocycles. The summed E-state index contributed by atoms with van der Waals surface area (Å²) in [5.41, 5.74) is 0.430. The standard InChI is InChI=1S/C16H21N3O3S.ClH/c1-23-15-3-2-11(8-14(15)19(21)22)16(20)18-6-4-12-9-17-10-13(12)5-7-18;/h2-3,8,12-13,17H,4-7,9-10H2,1H3;1H/t12-,13+;. The number of likely N-dealkylation sites (tertiary alicyclic amines) is 1. The average molecular weight is 372 g/mol. The van der Waals surface area contributed by atoms with Gasteiger partial charge < -0.3 is 10.2 Å². The van der Waals surface area contributed by atoms with E-state index in [1.165, 1.54) is 17.8 Å². The highest BCUT2D eigenvalue weighted by Crippen LogP contribution is 2.30. The van der Waals surface area contributed by atoms with Crippen LogP contribution in [-0.2, 0) is 0 Å². The number of nitrogens with zero attached hydrogens (tertiary/aromatic N) is 2. The van der Waals surface area contributed by atoms with E-state index in [1.807, 2.05) is 4.90 Å². The number of nitro benzene ring substituents is 1. The van der Waals surface area contributed by atoms with Gasteiger partial charge >= 0.3 is 0 Å². The van der Waals surface area contributed by atoms with E-state index in [9.17, 15) is 14.9 Å². The Morgan fingerprint density at radius 2 is 1.92 bits per heavy atom. The smallest absolute Gasteiger partial charge is 0.283 e. The Balaban J connectivity index is 0.00000208. The zero-order valence-corrected chi connectivity index (χ0v) is 15.2. The van der Waals surface area contributed by atoms with Crippen LogP contribution < -0.4 is 5.32 Å². The number of hydrogen-bond donors (Lipinski definition) is 1. The second-order valence-corrected chi connectivity index (χ2v) is 7.04. The van der Waals surface area contributed by atoms with Crippen LogP contribution in [0.5, 0.6) is 0 Å². The Morgan fingerprint density at radius 1 is 1.29 bits per heavy atom. The molecule has 2 atom stereocenters. The molecule has 3 rings (SSSR count). The minimum atomic E-state index is -0.416. The van der Waals surface area contributed by atoms with Crippen molar-refractivity contribution in [2.24, 2.45) is 11.8 Å². The lowest BCUT2D eigenvalue weighted by molar-refractivity contribution is -0.387. The Hall–Kier alpha value is -1.31. The first-order valence-corrected chi connectivity index (χ1v) is 9.15. The third-order valence-corrected chi connectivity index (χ3v) is 5.71. The van der Waals surface area contributed by atoms with Gasteiger partial charge in [0, 0.05) is 24.7 Å². The monoisotopic (exact) mass is 371 g/mol. The van der Waals surface area contributed by atoms with Crippen molar-refractivity contribution in [2.45, 2.75) is 17.7 Å². The number of thioether (sulfide) groups is 1. The van der Waals surface area contributed by atoms with E-state index in [2.05, 4.69) is 5.32 Å². The van der Waals surface area contributed by atoms with Crippen LogP contribution in [0.1, 0.15) is 23.2 Å². The van der Waals surface area contributed by atoms with Gasteiger partial charge in [-0.15, -0.1) is 24.2 Å². The molecule has 24 heavy (non-hydrogen) atoms. The maximum Gasteiger partial charge on any atom is 0.283 e. The predicted molar refractivity (Wildman–Crippen MR) is 97.1 cm³/mol. The molecule has 0 aliphatic carbocycles. The van der Waals surface area contributed by atoms with Crippen LogP contribution in [-0.4, -0.2) is 48.2 Å². The minimum absolute atomic E-state index is 0. The number of amides is 1. The molecule has 132 valence electrons. The lowest BCUT2D eigenvalue weighted by Gasteiger charge is -2.21. The largest absolute Gasteiger partial charge is 0.339 e. The zero-order valence-electron chi connectivity index (χ0n) is 13.6. The molecular formula is C16H22ClN3O3S. The quantitative estimate of drug-likeness (QED) is 0.502. The van der Waals surface area contributed by atoms with Gasteiger partial charge in [-0.05, 0) is 56.2 Å². The SMILES string of the molecule is CSc1ccc(C(=O)N2CC[C@@H]3CNC[C@@H]3CC2)cc1[N+](=O)[O-].Cl.